The van der Waals surface area contributed by atoms with Crippen molar-refractivity contribution < 1.29 is 17.9 Å². The van der Waals surface area contributed by atoms with Gasteiger partial charge in [-0.05, 0) is 24.3 Å². The number of carbonyl (C=O) groups is 1. The second kappa shape index (κ2) is 8.87. The van der Waals surface area contributed by atoms with Crippen molar-refractivity contribution in [2.24, 2.45) is 0 Å². The van der Waals surface area contributed by atoms with Crippen LogP contribution in [0.3, 0.4) is 0 Å². The highest BCUT2D eigenvalue weighted by molar-refractivity contribution is 7.89. The lowest BCUT2D eigenvalue weighted by atomic mass is 10.2. The van der Waals surface area contributed by atoms with Crippen molar-refractivity contribution in [3.63, 3.8) is 0 Å². The SMILES string of the molecule is CN(Cc1ccc(Cl)s1)C(=O)c1cc(S(=O)(=O)N2CCOCC2)c(Cl)cc1Cl. The van der Waals surface area contributed by atoms with Crippen LogP contribution in [0.25, 0.3) is 0 Å². The Labute approximate surface area is 182 Å². The van der Waals surface area contributed by atoms with Crippen LogP contribution in [0.1, 0.15) is 15.2 Å². The lowest BCUT2D eigenvalue weighted by molar-refractivity contribution is 0.0730. The highest BCUT2D eigenvalue weighted by Crippen LogP contribution is 2.32. The molecule has 0 atom stereocenters. The molecule has 2 aromatic rings. The monoisotopic (exact) mass is 482 g/mol. The fourth-order valence-electron chi connectivity index (χ4n) is 2.76. The van der Waals surface area contributed by atoms with Crippen LogP contribution in [0.5, 0.6) is 0 Å². The van der Waals surface area contributed by atoms with E-state index in [1.165, 1.54) is 32.7 Å². The molecule has 6 nitrogen and oxygen atoms in total. The molecule has 0 spiro atoms. The van der Waals surface area contributed by atoms with E-state index >= 15 is 0 Å². The molecule has 0 unspecified atom stereocenters. The van der Waals surface area contributed by atoms with E-state index in [4.69, 9.17) is 39.5 Å². The molecule has 1 saturated heterocycles. The molecule has 11 heteroatoms. The number of hydrogen-bond acceptors (Lipinski definition) is 5. The lowest BCUT2D eigenvalue weighted by Crippen LogP contribution is -2.40. The van der Waals surface area contributed by atoms with Gasteiger partial charge in [0.05, 0.1) is 39.7 Å². The number of sulfonamides is 1. The Morgan fingerprint density at radius 2 is 1.86 bits per heavy atom. The van der Waals surface area contributed by atoms with Crippen molar-refractivity contribution in [1.82, 2.24) is 9.21 Å². The first-order chi connectivity index (χ1) is 13.2. The van der Waals surface area contributed by atoms with Gasteiger partial charge < -0.3 is 9.64 Å². The fraction of sp³-hybridized carbons (Fsp3) is 0.353. The Bertz CT molecular complexity index is 988. The first-order valence-electron chi connectivity index (χ1n) is 8.27. The van der Waals surface area contributed by atoms with Gasteiger partial charge in [-0.1, -0.05) is 34.8 Å². The van der Waals surface area contributed by atoms with Gasteiger partial charge in [0.25, 0.3) is 5.91 Å². The van der Waals surface area contributed by atoms with Gasteiger partial charge in [-0.2, -0.15) is 4.31 Å². The second-order valence-electron chi connectivity index (χ2n) is 6.15. The van der Waals surface area contributed by atoms with E-state index in [0.717, 1.165) is 4.88 Å². The number of nitrogens with zero attached hydrogens (tertiary/aromatic N) is 2. The molecule has 0 radical (unpaired) electrons. The van der Waals surface area contributed by atoms with Gasteiger partial charge in [0.15, 0.2) is 0 Å². The number of rotatable bonds is 5. The molecule has 0 N–H and O–H groups in total. The van der Waals surface area contributed by atoms with Crippen molar-refractivity contribution in [2.75, 3.05) is 33.4 Å². The zero-order valence-electron chi connectivity index (χ0n) is 14.8. The zero-order chi connectivity index (χ0) is 20.5. The van der Waals surface area contributed by atoms with E-state index in [9.17, 15) is 13.2 Å². The van der Waals surface area contributed by atoms with Crippen molar-refractivity contribution in [1.29, 1.82) is 0 Å². The summed E-state index contributed by atoms with van der Waals surface area (Å²) in [6.07, 6.45) is 0. The maximum absolute atomic E-state index is 13.0. The number of ether oxygens (including phenoxy) is 1. The van der Waals surface area contributed by atoms with E-state index in [-0.39, 0.29) is 33.6 Å². The second-order valence-corrected chi connectivity index (χ2v) is 10.7. The molecule has 28 heavy (non-hydrogen) atoms. The first kappa shape index (κ1) is 21.8. The quantitative estimate of drug-likeness (QED) is 0.645. The summed E-state index contributed by atoms with van der Waals surface area (Å²) in [7, 11) is -2.26. The van der Waals surface area contributed by atoms with E-state index in [0.29, 0.717) is 24.1 Å². The van der Waals surface area contributed by atoms with Crippen LogP contribution in [-0.2, 0) is 21.3 Å². The van der Waals surface area contributed by atoms with E-state index in [2.05, 4.69) is 0 Å². The minimum atomic E-state index is -3.87. The molecule has 0 aliphatic carbocycles. The molecule has 1 aliphatic heterocycles. The van der Waals surface area contributed by atoms with Crippen molar-refractivity contribution in [3.05, 3.63) is 49.1 Å². The van der Waals surface area contributed by atoms with Gasteiger partial charge in [0.2, 0.25) is 10.0 Å². The third-order valence-corrected chi connectivity index (χ3v) is 8.10. The summed E-state index contributed by atoms with van der Waals surface area (Å²) < 4.78 is 33.0. The van der Waals surface area contributed by atoms with Gasteiger partial charge >= 0.3 is 0 Å². The summed E-state index contributed by atoms with van der Waals surface area (Å²) in [5, 5.41) is 0.0627. The summed E-state index contributed by atoms with van der Waals surface area (Å²) in [5.74, 6) is -0.412. The number of thiophene rings is 1. The first-order valence-corrected chi connectivity index (χ1v) is 11.7. The van der Waals surface area contributed by atoms with Crippen LogP contribution in [0.4, 0.5) is 0 Å². The molecule has 1 aromatic heterocycles. The Kier molecular flexibility index (Phi) is 6.92. The largest absolute Gasteiger partial charge is 0.379 e. The highest BCUT2D eigenvalue weighted by atomic mass is 35.5. The maximum Gasteiger partial charge on any atom is 0.255 e. The molecule has 0 saturated carbocycles. The molecule has 1 aromatic carbocycles. The van der Waals surface area contributed by atoms with Crippen LogP contribution in [-0.4, -0.2) is 56.9 Å². The normalized spacial score (nSPS) is 15.6. The van der Waals surface area contributed by atoms with Gasteiger partial charge in [0.1, 0.15) is 4.90 Å². The Morgan fingerprint density at radius 3 is 2.46 bits per heavy atom. The predicted octanol–water partition coefficient (Wildman–Crippen LogP) is 4.00. The molecule has 1 amide bonds. The van der Waals surface area contributed by atoms with Crippen LogP contribution in [0, 0.1) is 0 Å². The van der Waals surface area contributed by atoms with Gasteiger partial charge in [0, 0.05) is 25.0 Å². The van der Waals surface area contributed by atoms with Crippen molar-refractivity contribution in [3.8, 4) is 0 Å². The number of amides is 1. The third kappa shape index (κ3) is 4.64. The average Bonchev–Trinajstić information content (AvgIpc) is 3.06. The number of halogens is 3. The molecule has 152 valence electrons. The molecule has 2 heterocycles. The Balaban J connectivity index is 1.91. The average molecular weight is 484 g/mol. The fourth-order valence-corrected chi connectivity index (χ4v) is 6.14. The van der Waals surface area contributed by atoms with Crippen molar-refractivity contribution in [2.45, 2.75) is 11.4 Å². The van der Waals surface area contributed by atoms with E-state index in [1.807, 2.05) is 6.07 Å². The predicted molar refractivity (Wildman–Crippen MR) is 111 cm³/mol. The van der Waals surface area contributed by atoms with Crippen molar-refractivity contribution >= 4 is 62.1 Å². The molecule has 1 aliphatic rings. The summed E-state index contributed by atoms with van der Waals surface area (Å²) in [6.45, 7) is 1.39. The number of carbonyl (C=O) groups excluding carboxylic acids is 1. The number of hydrogen-bond donors (Lipinski definition) is 0. The van der Waals surface area contributed by atoms with E-state index < -0.39 is 15.9 Å². The van der Waals surface area contributed by atoms with Crippen LogP contribution >= 0.6 is 46.1 Å². The molecular formula is C17H17Cl3N2O4S2. The molecular weight excluding hydrogens is 467 g/mol. The van der Waals surface area contributed by atoms with Crippen LogP contribution < -0.4 is 0 Å². The summed E-state index contributed by atoms with van der Waals surface area (Å²) in [5.41, 5.74) is 0.0723. The van der Waals surface area contributed by atoms with Gasteiger partial charge in [-0.15, -0.1) is 11.3 Å². The highest BCUT2D eigenvalue weighted by Gasteiger charge is 2.30. The molecule has 3 rings (SSSR count). The van der Waals surface area contributed by atoms with Crippen LogP contribution in [0.2, 0.25) is 14.4 Å². The van der Waals surface area contributed by atoms with Crippen LogP contribution in [0.15, 0.2) is 29.2 Å². The topological polar surface area (TPSA) is 66.9 Å². The Hall–Kier alpha value is -0.870. The smallest absolute Gasteiger partial charge is 0.255 e. The minimum Gasteiger partial charge on any atom is -0.379 e. The summed E-state index contributed by atoms with van der Waals surface area (Å²) >= 11 is 19.7. The number of morpholine rings is 1. The molecule has 1 fully saturated rings. The lowest BCUT2D eigenvalue weighted by Gasteiger charge is -2.27. The zero-order valence-corrected chi connectivity index (χ0v) is 18.7. The standard InChI is InChI=1S/C17H17Cl3N2O4S2/c1-21(10-11-2-3-16(20)27-11)17(23)12-8-15(14(19)9-13(12)18)28(24,25)22-4-6-26-7-5-22/h2-3,8-9H,4-7,10H2,1H3. The van der Waals surface area contributed by atoms with E-state index in [1.54, 1.807) is 13.1 Å². The minimum absolute atomic E-state index is 0.0271. The summed E-state index contributed by atoms with van der Waals surface area (Å²) in [4.78, 5) is 15.1. The Morgan fingerprint density at radius 1 is 1.18 bits per heavy atom. The van der Waals surface area contributed by atoms with Gasteiger partial charge in [-0.3, -0.25) is 4.79 Å². The van der Waals surface area contributed by atoms with Gasteiger partial charge in [-0.25, -0.2) is 8.42 Å². The summed E-state index contributed by atoms with van der Waals surface area (Å²) in [6, 6.07) is 6.12. The maximum atomic E-state index is 13.0. The third-order valence-electron chi connectivity index (χ3n) is 4.21. The number of benzene rings is 1. The molecule has 0 bridgehead atoms.